The monoisotopic (exact) mass is 464 g/mol. The summed E-state index contributed by atoms with van der Waals surface area (Å²) in [6.45, 7) is 6.84. The lowest BCUT2D eigenvalue weighted by atomic mass is 9.98. The molecule has 0 saturated carbocycles. The maximum atomic E-state index is 13.3. The Kier molecular flexibility index (Phi) is 6.12. The van der Waals surface area contributed by atoms with Gasteiger partial charge in [0.25, 0.3) is 5.56 Å². The van der Waals surface area contributed by atoms with Crippen molar-refractivity contribution < 1.29 is 19.1 Å². The third-order valence-corrected chi connectivity index (χ3v) is 5.92. The molecule has 0 saturated heterocycles. The van der Waals surface area contributed by atoms with Gasteiger partial charge in [-0.05, 0) is 75.9 Å². The molecule has 0 radical (unpaired) electrons. The van der Waals surface area contributed by atoms with Gasteiger partial charge in [-0.2, -0.15) is 0 Å². The van der Waals surface area contributed by atoms with Gasteiger partial charge in [-0.15, -0.1) is 0 Å². The molecule has 9 heteroatoms. The van der Waals surface area contributed by atoms with E-state index in [-0.39, 0.29) is 30.0 Å². The zero-order valence-corrected chi connectivity index (χ0v) is 20.0. The number of nitrogens with zero attached hydrogens (tertiary/aromatic N) is 3. The first-order chi connectivity index (χ1) is 16.1. The Morgan fingerprint density at radius 3 is 2.65 bits per heavy atom. The minimum Gasteiger partial charge on any atom is -0.464 e. The van der Waals surface area contributed by atoms with E-state index >= 15 is 0 Å². The van der Waals surface area contributed by atoms with Gasteiger partial charge >= 0.3 is 11.9 Å². The number of rotatable bonds is 5. The molecule has 34 heavy (non-hydrogen) atoms. The number of hydrogen-bond acceptors (Lipinski definition) is 8. The summed E-state index contributed by atoms with van der Waals surface area (Å²) in [7, 11) is 1.31. The van der Waals surface area contributed by atoms with Crippen LogP contribution in [-0.4, -0.2) is 33.6 Å². The van der Waals surface area contributed by atoms with Crippen LogP contribution in [0, 0.1) is 12.3 Å². The van der Waals surface area contributed by atoms with Crippen LogP contribution in [0.1, 0.15) is 60.7 Å². The molecule has 0 fully saturated rings. The molecule has 3 aromatic rings. The van der Waals surface area contributed by atoms with Crippen LogP contribution in [-0.2, 0) is 27.4 Å². The zero-order valence-electron chi connectivity index (χ0n) is 20.0. The van der Waals surface area contributed by atoms with E-state index in [4.69, 9.17) is 4.74 Å². The number of anilines is 1. The highest BCUT2D eigenvalue weighted by Gasteiger charge is 2.26. The number of methoxy groups -OCH3 is 1. The number of fused-ring (bicyclic) bond motifs is 2. The molecular formula is C25H28N4O5. The number of aromatic nitrogens is 3. The number of benzene rings is 1. The number of esters is 2. The maximum Gasteiger partial charge on any atom is 0.356 e. The summed E-state index contributed by atoms with van der Waals surface area (Å²) in [6.07, 6.45) is 3.29. The van der Waals surface area contributed by atoms with Crippen molar-refractivity contribution in [1.29, 1.82) is 0 Å². The maximum absolute atomic E-state index is 13.3. The summed E-state index contributed by atoms with van der Waals surface area (Å²) in [5, 5.41) is 3.91. The van der Waals surface area contributed by atoms with E-state index in [2.05, 4.69) is 20.0 Å². The first-order valence-corrected chi connectivity index (χ1v) is 11.1. The van der Waals surface area contributed by atoms with Crippen molar-refractivity contribution in [3.8, 4) is 0 Å². The minimum atomic E-state index is -0.661. The minimum absolute atomic E-state index is 0.0157. The quantitative estimate of drug-likeness (QED) is 0.571. The SMILES string of the molecule is COC(=O)c1ccc(N[C@H]2CCc3cc4nc(C)n(COC(=O)C(C)(C)C)c(=O)c4cc32)cn1. The number of ether oxygens (including phenoxy) is 2. The second-order valence-corrected chi connectivity index (χ2v) is 9.43. The summed E-state index contributed by atoms with van der Waals surface area (Å²) in [5.74, 6) is -0.385. The van der Waals surface area contributed by atoms with Crippen LogP contribution < -0.4 is 10.9 Å². The Balaban J connectivity index is 1.62. The molecule has 9 nitrogen and oxygen atoms in total. The lowest BCUT2D eigenvalue weighted by Gasteiger charge is -2.19. The molecule has 0 unspecified atom stereocenters. The van der Waals surface area contributed by atoms with E-state index in [1.807, 2.05) is 12.1 Å². The van der Waals surface area contributed by atoms with Crippen molar-refractivity contribution in [2.24, 2.45) is 5.41 Å². The lowest BCUT2D eigenvalue weighted by Crippen LogP contribution is -2.30. The number of nitrogens with one attached hydrogen (secondary N) is 1. The van der Waals surface area contributed by atoms with Crippen LogP contribution in [0.15, 0.2) is 35.3 Å². The van der Waals surface area contributed by atoms with Crippen LogP contribution in [0.3, 0.4) is 0 Å². The fourth-order valence-electron chi connectivity index (χ4n) is 3.98. The van der Waals surface area contributed by atoms with Crippen molar-refractivity contribution in [2.75, 3.05) is 12.4 Å². The summed E-state index contributed by atoms with van der Waals surface area (Å²) in [6, 6.07) is 7.21. The Labute approximate surface area is 197 Å². The molecule has 0 bridgehead atoms. The normalized spacial score (nSPS) is 15.1. The molecule has 0 spiro atoms. The third kappa shape index (κ3) is 4.50. The van der Waals surface area contributed by atoms with E-state index in [1.54, 1.807) is 46.0 Å². The highest BCUT2D eigenvalue weighted by molar-refractivity contribution is 5.87. The average molecular weight is 465 g/mol. The topological polar surface area (TPSA) is 112 Å². The standard InChI is InChI=1S/C25H28N4O5/c1-14-27-21-10-15-6-8-19(28-16-7-9-20(26-12-16)23(31)33-5)17(15)11-18(21)22(30)29(14)13-34-24(32)25(2,3)4/h7,9-12,19,28H,6,8,13H2,1-5H3/t19-/m0/s1. The van der Waals surface area contributed by atoms with Gasteiger partial charge in [0, 0.05) is 0 Å². The molecule has 178 valence electrons. The number of pyridine rings is 1. The van der Waals surface area contributed by atoms with Gasteiger partial charge in [0.05, 0.1) is 41.4 Å². The Morgan fingerprint density at radius 1 is 1.24 bits per heavy atom. The van der Waals surface area contributed by atoms with E-state index in [0.29, 0.717) is 16.7 Å². The summed E-state index contributed by atoms with van der Waals surface area (Å²) < 4.78 is 11.4. The van der Waals surface area contributed by atoms with Crippen molar-refractivity contribution in [1.82, 2.24) is 14.5 Å². The number of aryl methyl sites for hydroxylation is 2. The molecule has 1 aliphatic carbocycles. The molecule has 1 N–H and O–H groups in total. The molecule has 1 atom stereocenters. The van der Waals surface area contributed by atoms with Crippen LogP contribution >= 0.6 is 0 Å². The molecule has 1 aliphatic rings. The lowest BCUT2D eigenvalue weighted by molar-refractivity contribution is -0.157. The van der Waals surface area contributed by atoms with E-state index in [9.17, 15) is 14.4 Å². The molecular weight excluding hydrogens is 436 g/mol. The highest BCUT2D eigenvalue weighted by atomic mass is 16.5. The van der Waals surface area contributed by atoms with Crippen LogP contribution in [0.2, 0.25) is 0 Å². The zero-order chi connectivity index (χ0) is 24.6. The largest absolute Gasteiger partial charge is 0.464 e. The summed E-state index contributed by atoms with van der Waals surface area (Å²) in [4.78, 5) is 45.8. The second-order valence-electron chi connectivity index (χ2n) is 9.43. The predicted octanol–water partition coefficient (Wildman–Crippen LogP) is 3.53. The van der Waals surface area contributed by atoms with Crippen LogP contribution in [0.5, 0.6) is 0 Å². The number of carbonyl (C=O) groups is 2. The smallest absolute Gasteiger partial charge is 0.356 e. The molecule has 1 aromatic carbocycles. The van der Waals surface area contributed by atoms with E-state index in [0.717, 1.165) is 29.7 Å². The summed E-state index contributed by atoms with van der Waals surface area (Å²) >= 11 is 0. The van der Waals surface area contributed by atoms with Crippen molar-refractivity contribution in [2.45, 2.75) is 53.3 Å². The highest BCUT2D eigenvalue weighted by Crippen LogP contribution is 2.35. The molecule has 0 aliphatic heterocycles. The van der Waals surface area contributed by atoms with Gasteiger partial charge in [0.1, 0.15) is 11.5 Å². The second kappa shape index (κ2) is 8.89. The van der Waals surface area contributed by atoms with Crippen molar-refractivity contribution in [3.05, 3.63) is 63.5 Å². The average Bonchev–Trinajstić information content (AvgIpc) is 3.18. The Bertz CT molecular complexity index is 1320. The van der Waals surface area contributed by atoms with Gasteiger partial charge in [-0.3, -0.25) is 14.2 Å². The summed E-state index contributed by atoms with van der Waals surface area (Å²) in [5.41, 5.74) is 2.87. The molecule has 4 rings (SSSR count). The molecule has 2 aromatic heterocycles. The molecule has 0 amide bonds. The van der Waals surface area contributed by atoms with Crippen molar-refractivity contribution >= 4 is 28.5 Å². The third-order valence-electron chi connectivity index (χ3n) is 5.92. The molecule has 2 heterocycles. The Hall–Kier alpha value is -3.75. The first kappa shape index (κ1) is 23.4. The predicted molar refractivity (Wildman–Crippen MR) is 127 cm³/mol. The van der Waals surface area contributed by atoms with E-state index in [1.165, 1.54) is 11.7 Å². The Morgan fingerprint density at radius 2 is 2.00 bits per heavy atom. The van der Waals surface area contributed by atoms with Gasteiger partial charge < -0.3 is 14.8 Å². The fourth-order valence-corrected chi connectivity index (χ4v) is 3.98. The van der Waals surface area contributed by atoms with Gasteiger partial charge in [-0.1, -0.05) is 0 Å². The van der Waals surface area contributed by atoms with Crippen LogP contribution in [0.25, 0.3) is 10.9 Å². The van der Waals surface area contributed by atoms with E-state index < -0.39 is 11.4 Å². The van der Waals surface area contributed by atoms with Gasteiger partial charge in [0.2, 0.25) is 0 Å². The van der Waals surface area contributed by atoms with Crippen molar-refractivity contribution in [3.63, 3.8) is 0 Å². The van der Waals surface area contributed by atoms with Gasteiger partial charge in [0.15, 0.2) is 6.73 Å². The van der Waals surface area contributed by atoms with Crippen LogP contribution in [0.4, 0.5) is 5.69 Å². The number of hydrogen-bond donors (Lipinski definition) is 1. The first-order valence-electron chi connectivity index (χ1n) is 11.1. The van der Waals surface area contributed by atoms with Gasteiger partial charge in [-0.25, -0.2) is 14.8 Å². The fraction of sp³-hybridized carbons (Fsp3) is 0.400. The number of carbonyl (C=O) groups excluding carboxylic acids is 2.